The molecule has 0 unspecified atom stereocenters. The fraction of sp³-hybridized carbons (Fsp3) is 0.375. The fourth-order valence-corrected chi connectivity index (χ4v) is 3.07. The zero-order valence-corrected chi connectivity index (χ0v) is 13.2. The van der Waals surface area contributed by atoms with Crippen molar-refractivity contribution >= 4 is 11.5 Å². The number of furan rings is 1. The van der Waals surface area contributed by atoms with Crippen LogP contribution in [-0.4, -0.2) is 46.1 Å². The van der Waals surface area contributed by atoms with Crippen LogP contribution in [0.4, 0.5) is 0 Å². The minimum atomic E-state index is 0.549. The lowest BCUT2D eigenvalue weighted by Crippen LogP contribution is -2.46. The van der Waals surface area contributed by atoms with Gasteiger partial charge in [0, 0.05) is 45.5 Å². The first-order valence-corrected chi connectivity index (χ1v) is 7.86. The number of hydrogen-bond donors (Lipinski definition) is 2. The Morgan fingerprint density at radius 3 is 3.00 bits per heavy atom. The molecule has 7 heteroatoms. The Kier molecular flexibility index (Phi) is 3.42. The molecule has 0 saturated carbocycles. The molecule has 7 nitrogen and oxygen atoms in total. The molecule has 0 spiro atoms. The molecule has 0 aromatic carbocycles. The molecule has 23 heavy (non-hydrogen) atoms. The van der Waals surface area contributed by atoms with Gasteiger partial charge in [-0.05, 0) is 6.07 Å². The molecule has 120 valence electrons. The Balaban J connectivity index is 1.52. The summed E-state index contributed by atoms with van der Waals surface area (Å²) in [5, 5.41) is 11.7. The number of aryl methyl sites for hydroxylation is 1. The average molecular weight is 313 g/mol. The lowest BCUT2D eigenvalue weighted by atomic mass is 10.2. The molecule has 0 atom stereocenters. The molecule has 1 saturated heterocycles. The average Bonchev–Trinajstić information content (AvgIpc) is 3.28. The van der Waals surface area contributed by atoms with Crippen LogP contribution < -0.4 is 9.88 Å². The first kappa shape index (κ1) is 14.1. The first-order chi connectivity index (χ1) is 11.2. The summed E-state index contributed by atoms with van der Waals surface area (Å²) in [6.45, 7) is 4.27. The van der Waals surface area contributed by atoms with E-state index in [9.17, 15) is 0 Å². The summed E-state index contributed by atoms with van der Waals surface area (Å²) in [5.41, 5.74) is 1.97. The minimum absolute atomic E-state index is 0.549. The Morgan fingerprint density at radius 1 is 1.35 bits per heavy atom. The van der Waals surface area contributed by atoms with E-state index in [0.29, 0.717) is 12.4 Å². The van der Waals surface area contributed by atoms with Crippen LogP contribution in [0.2, 0.25) is 0 Å². The van der Waals surface area contributed by atoms with Crippen molar-refractivity contribution in [2.24, 2.45) is 7.05 Å². The van der Waals surface area contributed by atoms with Gasteiger partial charge in [-0.3, -0.25) is 5.41 Å². The topological polar surface area (TPSA) is 65.5 Å². The van der Waals surface area contributed by atoms with Crippen molar-refractivity contribution in [1.82, 2.24) is 19.4 Å². The van der Waals surface area contributed by atoms with E-state index in [4.69, 9.17) is 9.83 Å². The van der Waals surface area contributed by atoms with Crippen molar-refractivity contribution in [2.75, 3.05) is 26.2 Å². The summed E-state index contributed by atoms with van der Waals surface area (Å²) in [4.78, 5) is 2.09. The molecule has 0 amide bonds. The number of imidazole rings is 1. The first-order valence-electron chi connectivity index (χ1n) is 7.86. The summed E-state index contributed by atoms with van der Waals surface area (Å²) < 4.78 is 11.9. The van der Waals surface area contributed by atoms with Crippen LogP contribution in [0, 0.1) is 5.41 Å². The van der Waals surface area contributed by atoms with E-state index in [2.05, 4.69) is 25.4 Å². The predicted molar refractivity (Wildman–Crippen MR) is 85.6 cm³/mol. The highest BCUT2D eigenvalue weighted by Crippen LogP contribution is 2.12. The Labute approximate surface area is 134 Å². The van der Waals surface area contributed by atoms with Gasteiger partial charge in [0.2, 0.25) is 0 Å². The summed E-state index contributed by atoms with van der Waals surface area (Å²) in [5.74, 6) is 1.41. The van der Waals surface area contributed by atoms with Crippen molar-refractivity contribution in [1.29, 1.82) is 5.41 Å². The molecule has 3 aromatic heterocycles. The standard InChI is InChI=1S/C16H21N6O/c1-19-5-2-15-21(8-9-22(15)19)11-14-10-13(12-23-14)16(17)20-6-3-18-4-7-20/h2,5,8-10,12,17-18H,3-4,6-7,11H2,1H3/q+1. The van der Waals surface area contributed by atoms with Crippen LogP contribution in [0.5, 0.6) is 0 Å². The number of piperazine rings is 1. The summed E-state index contributed by atoms with van der Waals surface area (Å²) in [6.07, 6.45) is 7.79. The molecule has 1 aliphatic rings. The number of amidine groups is 1. The highest BCUT2D eigenvalue weighted by atomic mass is 16.3. The van der Waals surface area contributed by atoms with Gasteiger partial charge in [-0.1, -0.05) is 0 Å². The molecule has 1 aliphatic heterocycles. The maximum Gasteiger partial charge on any atom is 0.307 e. The van der Waals surface area contributed by atoms with Gasteiger partial charge < -0.3 is 14.6 Å². The largest absolute Gasteiger partial charge is 0.464 e. The van der Waals surface area contributed by atoms with Gasteiger partial charge >= 0.3 is 5.65 Å². The van der Waals surface area contributed by atoms with Crippen LogP contribution in [-0.2, 0) is 13.6 Å². The predicted octanol–water partition coefficient (Wildman–Crippen LogP) is 0.437. The van der Waals surface area contributed by atoms with Crippen LogP contribution in [0.15, 0.2) is 41.4 Å². The Morgan fingerprint density at radius 2 is 2.17 bits per heavy atom. The van der Waals surface area contributed by atoms with Crippen LogP contribution in [0.3, 0.4) is 0 Å². The molecule has 4 rings (SSSR count). The van der Waals surface area contributed by atoms with Crippen LogP contribution >= 0.6 is 0 Å². The van der Waals surface area contributed by atoms with Crippen LogP contribution in [0.25, 0.3) is 5.65 Å². The minimum Gasteiger partial charge on any atom is -0.464 e. The third-order valence-electron chi connectivity index (χ3n) is 4.38. The second kappa shape index (κ2) is 5.58. The van der Waals surface area contributed by atoms with E-state index in [0.717, 1.165) is 43.1 Å². The number of fused-ring (bicyclic) bond motifs is 1. The highest BCUT2D eigenvalue weighted by molar-refractivity contribution is 5.96. The quantitative estimate of drug-likeness (QED) is 0.419. The van der Waals surface area contributed by atoms with Gasteiger partial charge in [0.05, 0.1) is 5.56 Å². The number of rotatable bonds is 3. The zero-order valence-electron chi connectivity index (χ0n) is 13.2. The van der Waals surface area contributed by atoms with E-state index < -0.39 is 0 Å². The number of aromatic nitrogens is 3. The van der Waals surface area contributed by atoms with E-state index in [1.54, 1.807) is 6.26 Å². The van der Waals surface area contributed by atoms with Gasteiger partial charge in [-0.25, -0.2) is 9.25 Å². The number of nitrogens with zero attached hydrogens (tertiary/aromatic N) is 4. The van der Waals surface area contributed by atoms with Crippen molar-refractivity contribution < 1.29 is 8.98 Å². The Hall–Kier alpha value is -2.54. The second-order valence-corrected chi connectivity index (χ2v) is 5.91. The van der Waals surface area contributed by atoms with E-state index >= 15 is 0 Å². The van der Waals surface area contributed by atoms with Crippen LogP contribution in [0.1, 0.15) is 11.3 Å². The van der Waals surface area contributed by atoms with E-state index in [-0.39, 0.29) is 0 Å². The third-order valence-corrected chi connectivity index (χ3v) is 4.38. The highest BCUT2D eigenvalue weighted by Gasteiger charge is 2.18. The summed E-state index contributed by atoms with van der Waals surface area (Å²) in [7, 11) is 2.01. The van der Waals surface area contributed by atoms with Crippen molar-refractivity contribution in [3.8, 4) is 0 Å². The maximum atomic E-state index is 8.35. The van der Waals surface area contributed by atoms with Gasteiger partial charge in [-0.15, -0.1) is 4.52 Å². The lowest BCUT2D eigenvalue weighted by Gasteiger charge is -2.28. The SMILES string of the molecule is Cn1ccc2n1cc[n+]2Cc1cc(C(=N)N2CCNCC2)co1. The van der Waals surface area contributed by atoms with Gasteiger partial charge in [0.25, 0.3) is 0 Å². The molecule has 0 radical (unpaired) electrons. The number of nitrogens with one attached hydrogen (secondary N) is 2. The van der Waals surface area contributed by atoms with Gasteiger partial charge in [-0.2, -0.15) is 0 Å². The molecule has 2 N–H and O–H groups in total. The number of hydrogen-bond acceptors (Lipinski definition) is 3. The molecule has 0 bridgehead atoms. The molecule has 1 fully saturated rings. The zero-order chi connectivity index (χ0) is 15.8. The summed E-state index contributed by atoms with van der Waals surface area (Å²) in [6, 6.07) is 4.05. The molecule has 3 aromatic rings. The lowest BCUT2D eigenvalue weighted by molar-refractivity contribution is -0.663. The monoisotopic (exact) mass is 313 g/mol. The van der Waals surface area contributed by atoms with E-state index in [1.807, 2.05) is 36.4 Å². The van der Waals surface area contributed by atoms with Crippen molar-refractivity contribution in [2.45, 2.75) is 6.54 Å². The van der Waals surface area contributed by atoms with Crippen molar-refractivity contribution in [3.05, 3.63) is 48.3 Å². The van der Waals surface area contributed by atoms with Crippen molar-refractivity contribution in [3.63, 3.8) is 0 Å². The molecular weight excluding hydrogens is 292 g/mol. The fourth-order valence-electron chi connectivity index (χ4n) is 3.07. The van der Waals surface area contributed by atoms with E-state index in [1.165, 1.54) is 0 Å². The molecule has 0 aliphatic carbocycles. The third kappa shape index (κ3) is 2.53. The Bertz CT molecular complexity index is 836. The molecular formula is C16H21N6O+. The normalized spacial score (nSPS) is 15.4. The molecule has 4 heterocycles. The van der Waals surface area contributed by atoms with Gasteiger partial charge in [0.1, 0.15) is 30.6 Å². The maximum absolute atomic E-state index is 8.35. The van der Waals surface area contributed by atoms with Gasteiger partial charge in [0.15, 0.2) is 6.20 Å². The summed E-state index contributed by atoms with van der Waals surface area (Å²) >= 11 is 0. The second-order valence-electron chi connectivity index (χ2n) is 5.91. The smallest absolute Gasteiger partial charge is 0.307 e.